The molecule has 2 aromatic rings. The molecule has 0 bridgehead atoms. The van der Waals surface area contributed by atoms with E-state index in [4.69, 9.17) is 16.3 Å². The van der Waals surface area contributed by atoms with Gasteiger partial charge in [-0.05, 0) is 80.5 Å². The Balaban J connectivity index is 1.61. The standard InChI is InChI=1S/C20H21ClO3S/c21-19-13-12-18(25-19)15-7-9-16(10-8-15)24-17(20(22)23)11-6-14-4-2-1-3-5-14/h4,7-10,12-13,17H,1-3,5-6,11H2,(H,22,23). The first-order valence-electron chi connectivity index (χ1n) is 8.55. The van der Waals surface area contributed by atoms with Gasteiger partial charge in [0.05, 0.1) is 4.34 Å². The fraction of sp³-hybridized carbons (Fsp3) is 0.350. The maximum atomic E-state index is 11.5. The van der Waals surface area contributed by atoms with Crippen LogP contribution in [0.5, 0.6) is 5.75 Å². The summed E-state index contributed by atoms with van der Waals surface area (Å²) in [5.74, 6) is -0.332. The summed E-state index contributed by atoms with van der Waals surface area (Å²) in [6, 6.07) is 11.3. The first-order chi connectivity index (χ1) is 12.1. The third kappa shape index (κ3) is 5.10. The Hall–Kier alpha value is -1.78. The summed E-state index contributed by atoms with van der Waals surface area (Å²) in [7, 11) is 0. The van der Waals surface area contributed by atoms with E-state index in [-0.39, 0.29) is 0 Å². The summed E-state index contributed by atoms with van der Waals surface area (Å²) in [5, 5.41) is 9.44. The lowest BCUT2D eigenvalue weighted by Crippen LogP contribution is -2.27. The first kappa shape index (κ1) is 18.0. The van der Waals surface area contributed by atoms with E-state index in [0.29, 0.717) is 12.2 Å². The topological polar surface area (TPSA) is 46.5 Å². The molecule has 0 fully saturated rings. The molecular weight excluding hydrogens is 356 g/mol. The van der Waals surface area contributed by atoms with Crippen molar-refractivity contribution >= 4 is 28.9 Å². The average molecular weight is 377 g/mol. The molecule has 25 heavy (non-hydrogen) atoms. The van der Waals surface area contributed by atoms with Gasteiger partial charge in [0.25, 0.3) is 0 Å². The molecule has 132 valence electrons. The van der Waals surface area contributed by atoms with Gasteiger partial charge in [-0.3, -0.25) is 0 Å². The first-order valence-corrected chi connectivity index (χ1v) is 9.74. The summed E-state index contributed by atoms with van der Waals surface area (Å²) in [6.07, 6.45) is 7.38. The smallest absolute Gasteiger partial charge is 0.344 e. The molecule has 3 rings (SSSR count). The minimum absolute atomic E-state index is 0.503. The maximum absolute atomic E-state index is 11.5. The second-order valence-corrected chi connectivity index (χ2v) is 7.93. The van der Waals surface area contributed by atoms with E-state index in [2.05, 4.69) is 6.08 Å². The fourth-order valence-corrected chi connectivity index (χ4v) is 4.06. The van der Waals surface area contributed by atoms with E-state index in [1.54, 1.807) is 0 Å². The van der Waals surface area contributed by atoms with Crippen LogP contribution in [0, 0.1) is 0 Å². The molecule has 0 saturated carbocycles. The van der Waals surface area contributed by atoms with Crippen LogP contribution in [0.25, 0.3) is 10.4 Å². The van der Waals surface area contributed by atoms with Gasteiger partial charge in [0.1, 0.15) is 5.75 Å². The number of carboxylic acids is 1. The largest absolute Gasteiger partial charge is 0.479 e. The molecule has 0 amide bonds. The lowest BCUT2D eigenvalue weighted by atomic mass is 9.95. The van der Waals surface area contributed by atoms with E-state index in [1.165, 1.54) is 29.8 Å². The lowest BCUT2D eigenvalue weighted by molar-refractivity contribution is -0.145. The monoisotopic (exact) mass is 376 g/mol. The highest BCUT2D eigenvalue weighted by Gasteiger charge is 2.20. The van der Waals surface area contributed by atoms with Crippen molar-refractivity contribution in [3.05, 3.63) is 52.4 Å². The van der Waals surface area contributed by atoms with Crippen LogP contribution in [0.15, 0.2) is 48.0 Å². The van der Waals surface area contributed by atoms with Crippen LogP contribution in [0.2, 0.25) is 4.34 Å². The molecule has 1 aliphatic carbocycles. The highest BCUT2D eigenvalue weighted by atomic mass is 35.5. The third-order valence-electron chi connectivity index (χ3n) is 4.38. The molecule has 0 aliphatic heterocycles. The molecule has 5 heteroatoms. The van der Waals surface area contributed by atoms with Crippen LogP contribution in [0.4, 0.5) is 0 Å². The summed E-state index contributed by atoms with van der Waals surface area (Å²) in [5.41, 5.74) is 2.41. The quantitative estimate of drug-likeness (QED) is 0.587. The number of rotatable bonds is 7. The molecular formula is C20H21ClO3S. The summed E-state index contributed by atoms with van der Waals surface area (Å²) in [6.45, 7) is 0. The SMILES string of the molecule is O=C(O)C(CCC1=CCCCC1)Oc1ccc(-c2ccc(Cl)s2)cc1. The van der Waals surface area contributed by atoms with E-state index in [0.717, 1.165) is 34.0 Å². The number of aliphatic carboxylic acids is 1. The Bertz CT molecular complexity index is 749. The number of hydrogen-bond acceptors (Lipinski definition) is 3. The lowest BCUT2D eigenvalue weighted by Gasteiger charge is -2.18. The zero-order chi connectivity index (χ0) is 17.6. The van der Waals surface area contributed by atoms with Gasteiger partial charge in [0.15, 0.2) is 6.10 Å². The van der Waals surface area contributed by atoms with Crippen LogP contribution < -0.4 is 4.74 Å². The van der Waals surface area contributed by atoms with Crippen molar-refractivity contribution < 1.29 is 14.6 Å². The number of thiophene rings is 1. The zero-order valence-corrected chi connectivity index (χ0v) is 15.5. The Labute approximate surface area is 156 Å². The predicted octanol–water partition coefficient (Wildman–Crippen LogP) is 6.18. The number of benzene rings is 1. The van der Waals surface area contributed by atoms with E-state index < -0.39 is 12.1 Å². The van der Waals surface area contributed by atoms with E-state index >= 15 is 0 Å². The summed E-state index contributed by atoms with van der Waals surface area (Å²) in [4.78, 5) is 12.6. The van der Waals surface area contributed by atoms with Gasteiger partial charge >= 0.3 is 5.97 Å². The van der Waals surface area contributed by atoms with Gasteiger partial charge in [-0.25, -0.2) is 4.79 Å². The van der Waals surface area contributed by atoms with Crippen molar-refractivity contribution in [3.63, 3.8) is 0 Å². The van der Waals surface area contributed by atoms with Gasteiger partial charge in [-0.1, -0.05) is 23.3 Å². The maximum Gasteiger partial charge on any atom is 0.344 e. The molecule has 0 radical (unpaired) electrons. The van der Waals surface area contributed by atoms with Crippen molar-refractivity contribution in [2.24, 2.45) is 0 Å². The minimum Gasteiger partial charge on any atom is -0.479 e. The van der Waals surface area contributed by atoms with Crippen molar-refractivity contribution in [2.75, 3.05) is 0 Å². The number of ether oxygens (including phenoxy) is 1. The molecule has 0 spiro atoms. The summed E-state index contributed by atoms with van der Waals surface area (Å²) < 4.78 is 6.46. The average Bonchev–Trinajstić information content (AvgIpc) is 3.06. The second kappa shape index (κ2) is 8.54. The number of carboxylic acid groups (broad SMARTS) is 1. The van der Waals surface area contributed by atoms with Crippen LogP contribution >= 0.6 is 22.9 Å². The number of allylic oxidation sites excluding steroid dienone is 2. The Morgan fingerprint density at radius 1 is 1.20 bits per heavy atom. The van der Waals surface area contributed by atoms with Crippen LogP contribution in [-0.4, -0.2) is 17.2 Å². The Kier molecular flexibility index (Phi) is 6.16. The van der Waals surface area contributed by atoms with Crippen molar-refractivity contribution in [3.8, 4) is 16.2 Å². The minimum atomic E-state index is -0.912. The normalized spacial score (nSPS) is 15.5. The van der Waals surface area contributed by atoms with Crippen molar-refractivity contribution in [1.82, 2.24) is 0 Å². The molecule has 3 nitrogen and oxygen atoms in total. The van der Waals surface area contributed by atoms with Gasteiger partial charge in [0.2, 0.25) is 0 Å². The molecule has 0 saturated heterocycles. The van der Waals surface area contributed by atoms with Gasteiger partial charge in [-0.2, -0.15) is 0 Å². The predicted molar refractivity (Wildman–Crippen MR) is 103 cm³/mol. The molecule has 1 heterocycles. The molecule has 1 aromatic heterocycles. The van der Waals surface area contributed by atoms with Gasteiger partial charge in [-0.15, -0.1) is 11.3 Å². The van der Waals surface area contributed by atoms with Crippen molar-refractivity contribution in [2.45, 2.75) is 44.6 Å². The molecule has 1 aromatic carbocycles. The second-order valence-electron chi connectivity index (χ2n) is 6.22. The van der Waals surface area contributed by atoms with Crippen LogP contribution in [-0.2, 0) is 4.79 Å². The fourth-order valence-electron chi connectivity index (χ4n) is 3.01. The molecule has 1 N–H and O–H groups in total. The van der Waals surface area contributed by atoms with Gasteiger partial charge in [0, 0.05) is 4.88 Å². The van der Waals surface area contributed by atoms with Crippen LogP contribution in [0.1, 0.15) is 38.5 Å². The van der Waals surface area contributed by atoms with Crippen LogP contribution in [0.3, 0.4) is 0 Å². The third-order valence-corrected chi connectivity index (χ3v) is 5.66. The number of hydrogen-bond donors (Lipinski definition) is 1. The Morgan fingerprint density at radius 2 is 2.00 bits per heavy atom. The molecule has 1 atom stereocenters. The summed E-state index contributed by atoms with van der Waals surface area (Å²) >= 11 is 7.48. The zero-order valence-electron chi connectivity index (χ0n) is 13.9. The highest BCUT2D eigenvalue weighted by molar-refractivity contribution is 7.19. The van der Waals surface area contributed by atoms with E-state index in [9.17, 15) is 9.90 Å². The van der Waals surface area contributed by atoms with E-state index in [1.807, 2.05) is 36.4 Å². The highest BCUT2D eigenvalue weighted by Crippen LogP contribution is 2.32. The number of halogens is 1. The van der Waals surface area contributed by atoms with Crippen molar-refractivity contribution in [1.29, 1.82) is 0 Å². The van der Waals surface area contributed by atoms with Gasteiger partial charge < -0.3 is 9.84 Å². The Morgan fingerprint density at radius 3 is 2.60 bits per heavy atom. The molecule has 1 unspecified atom stereocenters. The molecule has 1 aliphatic rings. The number of carbonyl (C=O) groups is 1.